The van der Waals surface area contributed by atoms with Crippen LogP contribution in [0.15, 0.2) is 36.4 Å². The quantitative estimate of drug-likeness (QED) is 0.575. The van der Waals surface area contributed by atoms with Crippen LogP contribution in [0.2, 0.25) is 10.0 Å². The summed E-state index contributed by atoms with van der Waals surface area (Å²) in [6, 6.07) is 12.5. The Balaban J connectivity index is 2.06. The fraction of sp³-hybridized carbons (Fsp3) is 0.409. The Labute approximate surface area is 160 Å². The molecule has 0 heterocycles. The van der Waals surface area contributed by atoms with E-state index in [4.69, 9.17) is 23.2 Å². The SMILES string of the molecule is CC(=O)Cc1ccc2c(c1)[C@@H](C(C)C)CC[C@H]2c1ccc(Cl)c(Cl)c1. The van der Waals surface area contributed by atoms with E-state index in [2.05, 4.69) is 38.1 Å². The molecule has 0 N–H and O–H groups in total. The number of hydrogen-bond donors (Lipinski definition) is 0. The molecule has 0 saturated heterocycles. The van der Waals surface area contributed by atoms with Crippen molar-refractivity contribution in [2.24, 2.45) is 5.92 Å². The van der Waals surface area contributed by atoms with Gasteiger partial charge in [0.05, 0.1) is 10.0 Å². The Morgan fingerprint density at radius 2 is 1.80 bits per heavy atom. The molecule has 0 saturated carbocycles. The van der Waals surface area contributed by atoms with Crippen molar-refractivity contribution in [1.29, 1.82) is 0 Å². The number of benzene rings is 2. The van der Waals surface area contributed by atoms with Crippen molar-refractivity contribution in [2.45, 2.75) is 51.9 Å². The zero-order valence-corrected chi connectivity index (χ0v) is 16.5. The van der Waals surface area contributed by atoms with Crippen LogP contribution in [0.25, 0.3) is 0 Å². The van der Waals surface area contributed by atoms with E-state index in [-0.39, 0.29) is 5.78 Å². The molecule has 1 aliphatic carbocycles. The lowest BCUT2D eigenvalue weighted by Gasteiger charge is -2.34. The second-order valence-electron chi connectivity index (χ2n) is 7.50. The molecule has 0 radical (unpaired) electrons. The van der Waals surface area contributed by atoms with Gasteiger partial charge in [-0.1, -0.05) is 61.3 Å². The maximum Gasteiger partial charge on any atom is 0.134 e. The van der Waals surface area contributed by atoms with Gasteiger partial charge in [-0.05, 0) is 66.0 Å². The van der Waals surface area contributed by atoms with E-state index in [0.717, 1.165) is 18.4 Å². The Bertz CT molecular complexity index is 795. The summed E-state index contributed by atoms with van der Waals surface area (Å²) in [4.78, 5) is 11.5. The van der Waals surface area contributed by atoms with Crippen LogP contribution < -0.4 is 0 Å². The third kappa shape index (κ3) is 3.93. The summed E-state index contributed by atoms with van der Waals surface area (Å²) >= 11 is 12.3. The van der Waals surface area contributed by atoms with Crippen LogP contribution >= 0.6 is 23.2 Å². The van der Waals surface area contributed by atoms with Crippen LogP contribution in [0.1, 0.15) is 67.7 Å². The number of carbonyl (C=O) groups excluding carboxylic acids is 1. The average molecular weight is 375 g/mol. The minimum absolute atomic E-state index is 0.206. The monoisotopic (exact) mass is 374 g/mol. The van der Waals surface area contributed by atoms with E-state index < -0.39 is 0 Å². The minimum atomic E-state index is 0.206. The van der Waals surface area contributed by atoms with Gasteiger partial charge in [0, 0.05) is 12.3 Å². The van der Waals surface area contributed by atoms with Crippen LogP contribution in [0, 0.1) is 5.92 Å². The van der Waals surface area contributed by atoms with Crippen LogP contribution in [-0.4, -0.2) is 5.78 Å². The molecule has 3 heteroatoms. The van der Waals surface area contributed by atoms with Crippen molar-refractivity contribution in [3.05, 3.63) is 68.7 Å². The fourth-order valence-electron chi connectivity index (χ4n) is 4.09. The second-order valence-corrected chi connectivity index (χ2v) is 8.31. The van der Waals surface area contributed by atoms with E-state index in [1.54, 1.807) is 6.92 Å². The molecule has 2 aromatic rings. The summed E-state index contributed by atoms with van der Waals surface area (Å²) in [5.41, 5.74) is 5.11. The van der Waals surface area contributed by atoms with Gasteiger partial charge in [0.1, 0.15) is 5.78 Å². The molecule has 25 heavy (non-hydrogen) atoms. The van der Waals surface area contributed by atoms with E-state index in [9.17, 15) is 4.79 Å². The first-order valence-electron chi connectivity index (χ1n) is 8.94. The van der Waals surface area contributed by atoms with Crippen LogP contribution in [0.3, 0.4) is 0 Å². The molecule has 0 aromatic heterocycles. The first-order chi connectivity index (χ1) is 11.9. The maximum absolute atomic E-state index is 11.5. The predicted molar refractivity (Wildman–Crippen MR) is 106 cm³/mol. The van der Waals surface area contributed by atoms with Gasteiger partial charge < -0.3 is 0 Å². The molecule has 0 aliphatic heterocycles. The standard InChI is InChI=1S/C22H24Cl2O/c1-13(2)17-7-8-18(16-5-9-21(23)22(24)12-16)19-6-4-15(10-14(3)25)11-20(17)19/h4-6,9,11-13,17-18H,7-8,10H2,1-3H3/t17-,18+/m1/s1. The average Bonchev–Trinajstić information content (AvgIpc) is 2.55. The summed E-state index contributed by atoms with van der Waals surface area (Å²) in [6.45, 7) is 6.22. The molecule has 2 aromatic carbocycles. The summed E-state index contributed by atoms with van der Waals surface area (Å²) in [7, 11) is 0. The lowest BCUT2D eigenvalue weighted by molar-refractivity contribution is -0.116. The lowest BCUT2D eigenvalue weighted by Crippen LogP contribution is -2.19. The van der Waals surface area contributed by atoms with Gasteiger partial charge in [-0.2, -0.15) is 0 Å². The molecular formula is C22H24Cl2O. The Morgan fingerprint density at radius 1 is 1.04 bits per heavy atom. The molecule has 1 nitrogen and oxygen atoms in total. The summed E-state index contributed by atoms with van der Waals surface area (Å²) in [5.74, 6) is 1.67. The molecule has 0 amide bonds. The van der Waals surface area contributed by atoms with E-state index in [0.29, 0.717) is 34.2 Å². The van der Waals surface area contributed by atoms with Crippen LogP contribution in [0.4, 0.5) is 0 Å². The molecule has 1 aliphatic rings. The maximum atomic E-state index is 11.5. The fourth-order valence-corrected chi connectivity index (χ4v) is 4.39. The van der Waals surface area contributed by atoms with Crippen LogP contribution in [0.5, 0.6) is 0 Å². The van der Waals surface area contributed by atoms with Gasteiger partial charge in [-0.25, -0.2) is 0 Å². The molecule has 3 rings (SSSR count). The van der Waals surface area contributed by atoms with Crippen molar-refractivity contribution in [1.82, 2.24) is 0 Å². The Kier molecular flexibility index (Phi) is 5.55. The summed E-state index contributed by atoms with van der Waals surface area (Å²) < 4.78 is 0. The highest BCUT2D eigenvalue weighted by molar-refractivity contribution is 6.42. The summed E-state index contributed by atoms with van der Waals surface area (Å²) in [6.07, 6.45) is 2.77. The minimum Gasteiger partial charge on any atom is -0.300 e. The van der Waals surface area contributed by atoms with E-state index in [1.165, 1.54) is 16.7 Å². The molecule has 0 fully saturated rings. The van der Waals surface area contributed by atoms with E-state index in [1.807, 2.05) is 12.1 Å². The van der Waals surface area contributed by atoms with Gasteiger partial charge in [-0.3, -0.25) is 4.79 Å². The van der Waals surface area contributed by atoms with Crippen molar-refractivity contribution in [3.8, 4) is 0 Å². The number of carbonyl (C=O) groups is 1. The molecular weight excluding hydrogens is 351 g/mol. The molecule has 0 unspecified atom stereocenters. The first kappa shape index (κ1) is 18.5. The number of hydrogen-bond acceptors (Lipinski definition) is 1. The number of halogens is 2. The van der Waals surface area contributed by atoms with Crippen molar-refractivity contribution in [2.75, 3.05) is 0 Å². The Hall–Kier alpha value is -1.31. The molecule has 0 spiro atoms. The first-order valence-corrected chi connectivity index (χ1v) is 9.69. The van der Waals surface area contributed by atoms with Gasteiger partial charge in [-0.15, -0.1) is 0 Å². The number of ketones is 1. The van der Waals surface area contributed by atoms with Gasteiger partial charge in [0.25, 0.3) is 0 Å². The molecule has 0 bridgehead atoms. The Morgan fingerprint density at radius 3 is 2.44 bits per heavy atom. The number of Topliss-reactive ketones (excluding diaryl/α,β-unsaturated/α-hetero) is 1. The zero-order valence-electron chi connectivity index (χ0n) is 15.0. The highest BCUT2D eigenvalue weighted by atomic mass is 35.5. The van der Waals surface area contributed by atoms with Gasteiger partial charge in [0.15, 0.2) is 0 Å². The smallest absolute Gasteiger partial charge is 0.134 e. The largest absolute Gasteiger partial charge is 0.300 e. The number of rotatable bonds is 4. The molecule has 132 valence electrons. The number of fused-ring (bicyclic) bond motifs is 1. The second kappa shape index (κ2) is 7.51. The van der Waals surface area contributed by atoms with Crippen molar-refractivity contribution < 1.29 is 4.79 Å². The van der Waals surface area contributed by atoms with Gasteiger partial charge in [0.2, 0.25) is 0 Å². The highest BCUT2D eigenvalue weighted by Gasteiger charge is 2.30. The predicted octanol–water partition coefficient (Wildman–Crippen LogP) is 6.79. The van der Waals surface area contributed by atoms with Crippen molar-refractivity contribution in [3.63, 3.8) is 0 Å². The lowest BCUT2D eigenvalue weighted by atomic mass is 9.70. The molecule has 2 atom stereocenters. The van der Waals surface area contributed by atoms with Crippen LogP contribution in [-0.2, 0) is 11.2 Å². The van der Waals surface area contributed by atoms with E-state index >= 15 is 0 Å². The summed E-state index contributed by atoms with van der Waals surface area (Å²) in [5, 5.41) is 1.21. The zero-order chi connectivity index (χ0) is 18.1. The highest BCUT2D eigenvalue weighted by Crippen LogP contribution is 2.46. The van der Waals surface area contributed by atoms with Crippen molar-refractivity contribution >= 4 is 29.0 Å². The normalized spacial score (nSPS) is 19.8. The topological polar surface area (TPSA) is 17.1 Å². The third-order valence-electron chi connectivity index (χ3n) is 5.30. The van der Waals surface area contributed by atoms with Gasteiger partial charge >= 0.3 is 0 Å². The third-order valence-corrected chi connectivity index (χ3v) is 6.04.